The Morgan fingerprint density at radius 2 is 2.00 bits per heavy atom. The lowest BCUT2D eigenvalue weighted by atomic mass is 10.0. The number of rotatable bonds is 8. The number of benzene rings is 1. The maximum Gasteiger partial charge on any atom is 0.196 e. The van der Waals surface area contributed by atoms with E-state index in [9.17, 15) is 13.2 Å². The summed E-state index contributed by atoms with van der Waals surface area (Å²) in [5.41, 5.74) is 2.90. The first kappa shape index (κ1) is 22.3. The number of pyridine rings is 1. The normalized spacial score (nSPS) is 12.8. The minimum atomic E-state index is -3.42. The molecule has 3 rings (SSSR count). The highest BCUT2D eigenvalue weighted by Crippen LogP contribution is 2.34. The van der Waals surface area contributed by atoms with Crippen molar-refractivity contribution in [1.82, 2.24) is 9.55 Å². The average molecular weight is 449 g/mol. The van der Waals surface area contributed by atoms with Gasteiger partial charge in [-0.05, 0) is 42.7 Å². The molecule has 0 fully saturated rings. The molecule has 0 saturated heterocycles. The minimum Gasteiger partial charge on any atom is -0.495 e. The van der Waals surface area contributed by atoms with Crippen molar-refractivity contribution >= 4 is 38.1 Å². The van der Waals surface area contributed by atoms with Gasteiger partial charge in [0.25, 0.3) is 0 Å². The zero-order chi connectivity index (χ0) is 22.1. The van der Waals surface area contributed by atoms with Crippen LogP contribution in [0, 0.1) is 0 Å². The number of methoxy groups -OCH3 is 1. The van der Waals surface area contributed by atoms with E-state index in [1.807, 2.05) is 18.2 Å². The number of halogens is 1. The van der Waals surface area contributed by atoms with Crippen molar-refractivity contribution in [2.24, 2.45) is 0 Å². The Kier molecular flexibility index (Phi) is 6.53. The molecule has 0 N–H and O–H groups in total. The van der Waals surface area contributed by atoms with Crippen LogP contribution in [0.4, 0.5) is 0 Å². The highest BCUT2D eigenvalue weighted by atomic mass is 35.5. The zero-order valence-corrected chi connectivity index (χ0v) is 19.0. The Bertz CT molecular complexity index is 1200. The van der Waals surface area contributed by atoms with Crippen molar-refractivity contribution in [3.05, 3.63) is 58.5 Å². The lowest BCUT2D eigenvalue weighted by Gasteiger charge is -2.15. The van der Waals surface area contributed by atoms with Crippen LogP contribution >= 0.6 is 11.6 Å². The van der Waals surface area contributed by atoms with Gasteiger partial charge in [-0.2, -0.15) is 0 Å². The number of hydrogen-bond acceptors (Lipinski definition) is 5. The molecule has 1 unspecified atom stereocenters. The molecule has 8 heteroatoms. The number of aromatic nitrogens is 2. The van der Waals surface area contributed by atoms with Crippen LogP contribution in [-0.4, -0.2) is 42.9 Å². The summed E-state index contributed by atoms with van der Waals surface area (Å²) in [6.45, 7) is 4.72. The summed E-state index contributed by atoms with van der Waals surface area (Å²) >= 11 is 6.37. The van der Waals surface area contributed by atoms with E-state index in [0.717, 1.165) is 29.3 Å². The van der Waals surface area contributed by atoms with Crippen LogP contribution < -0.4 is 4.74 Å². The van der Waals surface area contributed by atoms with Crippen LogP contribution in [0.2, 0.25) is 5.02 Å². The third-order valence-electron chi connectivity index (χ3n) is 5.13. The number of carbonyl (C=O) groups is 1. The Hall–Kier alpha value is -2.38. The van der Waals surface area contributed by atoms with E-state index < -0.39 is 21.4 Å². The molecule has 2 aromatic heterocycles. The fraction of sp³-hybridized carbons (Fsp3) is 0.364. The Balaban J connectivity index is 2.05. The third kappa shape index (κ3) is 4.84. The number of hydrogen-bond donors (Lipinski definition) is 0. The Morgan fingerprint density at radius 3 is 2.63 bits per heavy atom. The smallest absolute Gasteiger partial charge is 0.196 e. The van der Waals surface area contributed by atoms with Crippen LogP contribution in [0.15, 0.2) is 36.4 Å². The molecule has 6 nitrogen and oxygen atoms in total. The number of fused-ring (bicyclic) bond motifs is 1. The topological polar surface area (TPSA) is 78.3 Å². The van der Waals surface area contributed by atoms with Gasteiger partial charge >= 0.3 is 0 Å². The number of ketones is 1. The Morgan fingerprint density at radius 1 is 1.27 bits per heavy atom. The largest absolute Gasteiger partial charge is 0.495 e. The van der Waals surface area contributed by atoms with Gasteiger partial charge in [0.15, 0.2) is 15.6 Å². The second-order valence-electron chi connectivity index (χ2n) is 7.52. The number of Topliss-reactive ketones (excluding diaryl/α,β-unsaturated/α-hetero) is 1. The molecule has 0 aliphatic rings. The van der Waals surface area contributed by atoms with Gasteiger partial charge in [-0.25, -0.2) is 13.4 Å². The number of ether oxygens (including phenoxy) is 1. The predicted molar refractivity (Wildman–Crippen MR) is 120 cm³/mol. The zero-order valence-electron chi connectivity index (χ0n) is 17.5. The second kappa shape index (κ2) is 8.78. The number of sulfone groups is 1. The third-order valence-corrected chi connectivity index (χ3v) is 6.21. The first-order valence-electron chi connectivity index (χ1n) is 9.66. The molecule has 0 aliphatic carbocycles. The van der Waals surface area contributed by atoms with Crippen LogP contribution in [0.5, 0.6) is 5.75 Å². The first-order chi connectivity index (χ1) is 14.1. The second-order valence-corrected chi connectivity index (χ2v) is 10.1. The molecule has 160 valence electrons. The highest BCUT2D eigenvalue weighted by Gasteiger charge is 2.18. The molecular weight excluding hydrogens is 424 g/mol. The van der Waals surface area contributed by atoms with Gasteiger partial charge < -0.3 is 9.30 Å². The van der Waals surface area contributed by atoms with Gasteiger partial charge in [-0.3, -0.25) is 4.79 Å². The summed E-state index contributed by atoms with van der Waals surface area (Å²) in [5, 5.41) is 1.53. The van der Waals surface area contributed by atoms with Crippen LogP contribution in [-0.2, 0) is 16.4 Å². The van der Waals surface area contributed by atoms with E-state index in [0.29, 0.717) is 28.9 Å². The summed E-state index contributed by atoms with van der Waals surface area (Å²) in [6.07, 6.45) is 2.00. The van der Waals surface area contributed by atoms with E-state index in [1.54, 1.807) is 19.2 Å². The van der Waals surface area contributed by atoms with Gasteiger partial charge in [0.2, 0.25) is 0 Å². The van der Waals surface area contributed by atoms with Crippen LogP contribution in [0.1, 0.15) is 48.1 Å². The molecule has 0 saturated carbocycles. The lowest BCUT2D eigenvalue weighted by Crippen LogP contribution is -2.17. The minimum absolute atomic E-state index is 0.152. The fourth-order valence-electron chi connectivity index (χ4n) is 3.43. The van der Waals surface area contributed by atoms with Crippen LogP contribution in [0.25, 0.3) is 10.9 Å². The molecular formula is C22H25ClN2O4S. The molecule has 0 amide bonds. The Labute approximate surface area is 181 Å². The van der Waals surface area contributed by atoms with Crippen molar-refractivity contribution in [2.75, 3.05) is 19.1 Å². The fourth-order valence-corrected chi connectivity index (χ4v) is 4.29. The van der Waals surface area contributed by atoms with E-state index in [1.165, 1.54) is 0 Å². The summed E-state index contributed by atoms with van der Waals surface area (Å²) in [4.78, 5) is 16.7. The maximum absolute atomic E-state index is 12.3. The van der Waals surface area contributed by atoms with Gasteiger partial charge in [0.1, 0.15) is 17.2 Å². The van der Waals surface area contributed by atoms with Gasteiger partial charge in [0.05, 0.1) is 29.9 Å². The van der Waals surface area contributed by atoms with E-state index >= 15 is 0 Å². The summed E-state index contributed by atoms with van der Waals surface area (Å²) in [6, 6.07) is 11.0. The van der Waals surface area contributed by atoms with Crippen molar-refractivity contribution in [1.29, 1.82) is 0 Å². The van der Waals surface area contributed by atoms with Crippen LogP contribution in [0.3, 0.4) is 0 Å². The molecule has 3 aromatic rings. The SMILES string of the molecule is CCC(C)c1cc2cc(OC)c(Cl)cc2n1Cc1cccc(C(=O)CS(C)(=O)=O)n1. The highest BCUT2D eigenvalue weighted by molar-refractivity contribution is 7.91. The molecule has 30 heavy (non-hydrogen) atoms. The first-order valence-corrected chi connectivity index (χ1v) is 12.1. The van der Waals surface area contributed by atoms with Gasteiger partial charge in [-0.1, -0.05) is 31.5 Å². The molecule has 0 radical (unpaired) electrons. The summed E-state index contributed by atoms with van der Waals surface area (Å²) in [5.74, 6) is -0.143. The van der Waals surface area contributed by atoms with E-state index in [4.69, 9.17) is 16.3 Å². The van der Waals surface area contributed by atoms with E-state index in [2.05, 4.69) is 29.5 Å². The quantitative estimate of drug-likeness (QED) is 0.474. The number of carbonyl (C=O) groups excluding carboxylic acids is 1. The number of nitrogens with zero attached hydrogens (tertiary/aromatic N) is 2. The molecule has 0 spiro atoms. The summed E-state index contributed by atoms with van der Waals surface area (Å²) in [7, 11) is -1.83. The molecule has 1 atom stereocenters. The maximum atomic E-state index is 12.3. The molecule has 0 aliphatic heterocycles. The monoisotopic (exact) mass is 448 g/mol. The van der Waals surface area contributed by atoms with Crippen molar-refractivity contribution in [2.45, 2.75) is 32.7 Å². The standard InChI is InChI=1S/C22H25ClN2O4S/c1-5-14(2)19-9-15-10-22(29-3)17(23)11-20(15)25(19)12-16-7-6-8-18(24-16)21(26)13-30(4,27)28/h6-11,14H,5,12-13H2,1-4H3. The molecule has 2 heterocycles. The van der Waals surface area contributed by atoms with Gasteiger partial charge in [0, 0.05) is 17.3 Å². The predicted octanol–water partition coefficient (Wildman–Crippen LogP) is 4.49. The molecule has 1 aromatic carbocycles. The van der Waals surface area contributed by atoms with Gasteiger partial charge in [-0.15, -0.1) is 0 Å². The van der Waals surface area contributed by atoms with Crippen molar-refractivity contribution in [3.63, 3.8) is 0 Å². The van der Waals surface area contributed by atoms with Crippen molar-refractivity contribution < 1.29 is 17.9 Å². The average Bonchev–Trinajstić information content (AvgIpc) is 3.03. The summed E-state index contributed by atoms with van der Waals surface area (Å²) < 4.78 is 30.4. The molecule has 0 bridgehead atoms. The van der Waals surface area contributed by atoms with E-state index in [-0.39, 0.29) is 5.69 Å². The lowest BCUT2D eigenvalue weighted by molar-refractivity contribution is 0.101. The van der Waals surface area contributed by atoms with Crippen molar-refractivity contribution in [3.8, 4) is 5.75 Å².